The molecule has 5 nitrogen and oxygen atoms in total. The lowest BCUT2D eigenvalue weighted by molar-refractivity contribution is 0.122. The number of hydrogen-bond acceptors (Lipinski definition) is 5. The van der Waals surface area contributed by atoms with Crippen molar-refractivity contribution in [2.24, 2.45) is 0 Å². The minimum Gasteiger partial charge on any atom is -0.490 e. The van der Waals surface area contributed by atoms with E-state index in [2.05, 4.69) is 22.3 Å². The zero-order valence-electron chi connectivity index (χ0n) is 19.0. The standard InChI is InChI=1S/C26H27Cl3N2O3/c1-2-33-26-14-18(4-8-25(26)34-17-19-3-6-21(27)22(28)13-19)16-30-20-5-7-24(23(29)15-20)31-9-11-32-12-10-31/h3-8,13-15,30H,2,9-12,16-17H2,1H3. The Kier molecular flexibility index (Phi) is 8.68. The Balaban J connectivity index is 1.39. The zero-order chi connectivity index (χ0) is 23.9. The first-order valence-corrected chi connectivity index (χ1v) is 12.4. The van der Waals surface area contributed by atoms with Gasteiger partial charge in [0.05, 0.1) is 40.6 Å². The fourth-order valence-corrected chi connectivity index (χ4v) is 4.34. The van der Waals surface area contributed by atoms with E-state index in [1.54, 1.807) is 12.1 Å². The molecule has 0 amide bonds. The van der Waals surface area contributed by atoms with Gasteiger partial charge in [-0.3, -0.25) is 0 Å². The molecular formula is C26H27Cl3N2O3. The van der Waals surface area contributed by atoms with Crippen LogP contribution in [0.3, 0.4) is 0 Å². The topological polar surface area (TPSA) is 43.0 Å². The maximum atomic E-state index is 6.56. The predicted molar refractivity (Wildman–Crippen MR) is 140 cm³/mol. The van der Waals surface area contributed by atoms with Crippen LogP contribution in [0.15, 0.2) is 54.6 Å². The molecule has 180 valence electrons. The van der Waals surface area contributed by atoms with E-state index in [-0.39, 0.29) is 0 Å². The average molecular weight is 522 g/mol. The van der Waals surface area contributed by atoms with Crippen molar-refractivity contribution in [1.29, 1.82) is 0 Å². The number of rotatable bonds is 9. The third kappa shape index (κ3) is 6.42. The Morgan fingerprint density at radius 2 is 1.62 bits per heavy atom. The Hall–Kier alpha value is -2.31. The van der Waals surface area contributed by atoms with E-state index >= 15 is 0 Å². The summed E-state index contributed by atoms with van der Waals surface area (Å²) in [5.74, 6) is 1.37. The van der Waals surface area contributed by atoms with Gasteiger partial charge in [-0.25, -0.2) is 0 Å². The second-order valence-electron chi connectivity index (χ2n) is 7.87. The van der Waals surface area contributed by atoms with Crippen LogP contribution in [0.25, 0.3) is 0 Å². The van der Waals surface area contributed by atoms with Crippen LogP contribution < -0.4 is 19.7 Å². The third-order valence-electron chi connectivity index (χ3n) is 5.48. The van der Waals surface area contributed by atoms with Crippen LogP contribution in [-0.4, -0.2) is 32.9 Å². The summed E-state index contributed by atoms with van der Waals surface area (Å²) in [6.45, 7) is 6.64. The fraction of sp³-hybridized carbons (Fsp3) is 0.308. The van der Waals surface area contributed by atoms with Gasteiger partial charge in [0.2, 0.25) is 0 Å². The van der Waals surface area contributed by atoms with Crippen molar-refractivity contribution in [2.45, 2.75) is 20.1 Å². The summed E-state index contributed by atoms with van der Waals surface area (Å²) in [7, 11) is 0. The van der Waals surface area contributed by atoms with E-state index in [0.717, 1.165) is 53.8 Å². The maximum Gasteiger partial charge on any atom is 0.161 e. The second-order valence-corrected chi connectivity index (χ2v) is 9.09. The zero-order valence-corrected chi connectivity index (χ0v) is 21.2. The number of ether oxygens (including phenoxy) is 3. The molecular weight excluding hydrogens is 495 g/mol. The van der Waals surface area contributed by atoms with Gasteiger partial charge in [-0.1, -0.05) is 46.9 Å². The maximum absolute atomic E-state index is 6.56. The first-order valence-electron chi connectivity index (χ1n) is 11.2. The van der Waals surface area contributed by atoms with Crippen LogP contribution in [0.1, 0.15) is 18.1 Å². The van der Waals surface area contributed by atoms with Gasteiger partial charge in [0.25, 0.3) is 0 Å². The van der Waals surface area contributed by atoms with E-state index in [4.69, 9.17) is 49.0 Å². The molecule has 0 aliphatic carbocycles. The minimum absolute atomic E-state index is 0.364. The summed E-state index contributed by atoms with van der Waals surface area (Å²) in [5, 5.41) is 5.20. The lowest BCUT2D eigenvalue weighted by Crippen LogP contribution is -2.36. The van der Waals surface area contributed by atoms with E-state index < -0.39 is 0 Å². The van der Waals surface area contributed by atoms with Crippen molar-refractivity contribution in [3.63, 3.8) is 0 Å². The highest BCUT2D eigenvalue weighted by Gasteiger charge is 2.14. The van der Waals surface area contributed by atoms with E-state index in [0.29, 0.717) is 41.3 Å². The van der Waals surface area contributed by atoms with Crippen molar-refractivity contribution in [3.8, 4) is 11.5 Å². The van der Waals surface area contributed by atoms with Gasteiger partial charge in [0, 0.05) is 25.3 Å². The quantitative estimate of drug-likeness (QED) is 0.326. The first-order chi connectivity index (χ1) is 16.5. The number of morpholine rings is 1. The van der Waals surface area contributed by atoms with Gasteiger partial charge in [-0.05, 0) is 60.5 Å². The molecule has 0 saturated carbocycles. The summed E-state index contributed by atoms with van der Waals surface area (Å²) >= 11 is 18.7. The molecule has 1 heterocycles. The number of benzene rings is 3. The molecule has 4 rings (SSSR count). The lowest BCUT2D eigenvalue weighted by atomic mass is 10.2. The number of nitrogens with zero attached hydrogens (tertiary/aromatic N) is 1. The number of halogens is 3. The van der Waals surface area contributed by atoms with Crippen molar-refractivity contribution < 1.29 is 14.2 Å². The molecule has 0 bridgehead atoms. The highest BCUT2D eigenvalue weighted by molar-refractivity contribution is 6.42. The van der Waals surface area contributed by atoms with Crippen molar-refractivity contribution in [2.75, 3.05) is 43.1 Å². The monoisotopic (exact) mass is 520 g/mol. The van der Waals surface area contributed by atoms with Gasteiger partial charge >= 0.3 is 0 Å². The van der Waals surface area contributed by atoms with Gasteiger partial charge in [-0.15, -0.1) is 0 Å². The molecule has 3 aromatic rings. The third-order valence-corrected chi connectivity index (χ3v) is 6.52. The highest BCUT2D eigenvalue weighted by atomic mass is 35.5. The fourth-order valence-electron chi connectivity index (χ4n) is 3.72. The Labute approximate surface area is 215 Å². The molecule has 1 saturated heterocycles. The number of hydrogen-bond donors (Lipinski definition) is 1. The summed E-state index contributed by atoms with van der Waals surface area (Å²) in [6.07, 6.45) is 0. The largest absolute Gasteiger partial charge is 0.490 e. The SMILES string of the molecule is CCOc1cc(CNc2ccc(N3CCOCC3)c(Cl)c2)ccc1OCc1ccc(Cl)c(Cl)c1. The molecule has 1 fully saturated rings. The van der Waals surface area contributed by atoms with Crippen LogP contribution in [0.5, 0.6) is 11.5 Å². The van der Waals surface area contributed by atoms with E-state index in [9.17, 15) is 0 Å². The van der Waals surface area contributed by atoms with Crippen LogP contribution in [0.4, 0.5) is 11.4 Å². The number of anilines is 2. The molecule has 0 aromatic heterocycles. The van der Waals surface area contributed by atoms with Crippen LogP contribution in [0, 0.1) is 0 Å². The normalized spacial score (nSPS) is 13.6. The summed E-state index contributed by atoms with van der Waals surface area (Å²) in [5.41, 5.74) is 4.00. The Bertz CT molecular complexity index is 1120. The van der Waals surface area contributed by atoms with Gasteiger partial charge in [0.1, 0.15) is 6.61 Å². The average Bonchev–Trinajstić information content (AvgIpc) is 2.85. The first kappa shape index (κ1) is 24.8. The van der Waals surface area contributed by atoms with Gasteiger partial charge < -0.3 is 24.4 Å². The molecule has 0 radical (unpaired) electrons. The van der Waals surface area contributed by atoms with Crippen molar-refractivity contribution in [3.05, 3.63) is 80.8 Å². The summed E-state index contributed by atoms with van der Waals surface area (Å²) in [6, 6.07) is 17.5. The van der Waals surface area contributed by atoms with Gasteiger partial charge in [0.15, 0.2) is 11.5 Å². The van der Waals surface area contributed by atoms with Crippen LogP contribution in [0.2, 0.25) is 15.1 Å². The van der Waals surface area contributed by atoms with Crippen molar-refractivity contribution >= 4 is 46.2 Å². The molecule has 1 aliphatic rings. The lowest BCUT2D eigenvalue weighted by Gasteiger charge is -2.29. The van der Waals surface area contributed by atoms with E-state index in [1.807, 2.05) is 37.3 Å². The second kappa shape index (κ2) is 11.9. The van der Waals surface area contributed by atoms with Crippen LogP contribution in [-0.2, 0) is 17.9 Å². The summed E-state index contributed by atoms with van der Waals surface area (Å²) < 4.78 is 17.3. The molecule has 1 aliphatic heterocycles. The highest BCUT2D eigenvalue weighted by Crippen LogP contribution is 2.32. The van der Waals surface area contributed by atoms with Crippen LogP contribution >= 0.6 is 34.8 Å². The smallest absolute Gasteiger partial charge is 0.161 e. The van der Waals surface area contributed by atoms with Crippen molar-refractivity contribution in [1.82, 2.24) is 0 Å². The molecule has 8 heteroatoms. The molecule has 3 aromatic carbocycles. The number of nitrogens with one attached hydrogen (secondary N) is 1. The molecule has 0 spiro atoms. The molecule has 1 N–H and O–H groups in total. The predicted octanol–water partition coefficient (Wildman–Crippen LogP) is 7.07. The summed E-state index contributed by atoms with van der Waals surface area (Å²) in [4.78, 5) is 2.25. The molecule has 0 unspecified atom stereocenters. The minimum atomic E-state index is 0.364. The molecule has 34 heavy (non-hydrogen) atoms. The van der Waals surface area contributed by atoms with Gasteiger partial charge in [-0.2, -0.15) is 0 Å². The van der Waals surface area contributed by atoms with E-state index in [1.165, 1.54) is 0 Å². The Morgan fingerprint density at radius 1 is 0.824 bits per heavy atom. The molecule has 0 atom stereocenters. The Morgan fingerprint density at radius 3 is 2.35 bits per heavy atom.